The molecule has 39 heavy (non-hydrogen) atoms. The first-order valence-corrected chi connectivity index (χ1v) is 12.6. The van der Waals surface area contributed by atoms with E-state index >= 15 is 0 Å². The van der Waals surface area contributed by atoms with Crippen LogP contribution >= 0.6 is 15.9 Å². The van der Waals surface area contributed by atoms with Crippen molar-refractivity contribution in [2.75, 3.05) is 23.4 Å². The fourth-order valence-electron chi connectivity index (χ4n) is 3.80. The van der Waals surface area contributed by atoms with Crippen molar-refractivity contribution in [3.63, 3.8) is 0 Å². The molecule has 4 rings (SSSR count). The second-order valence-electron chi connectivity index (χ2n) is 8.35. The number of hydrogen-bond donors (Lipinski definition) is 2. The van der Waals surface area contributed by atoms with Crippen molar-refractivity contribution in [1.29, 1.82) is 0 Å². The molecule has 0 saturated carbocycles. The van der Waals surface area contributed by atoms with Gasteiger partial charge in [-0.2, -0.15) is 0 Å². The van der Waals surface area contributed by atoms with Crippen LogP contribution in [0.1, 0.15) is 18.1 Å². The zero-order valence-corrected chi connectivity index (χ0v) is 22.5. The van der Waals surface area contributed by atoms with E-state index in [4.69, 9.17) is 9.47 Å². The quantitative estimate of drug-likeness (QED) is 0.280. The number of imide groups is 2. The smallest absolute Gasteiger partial charge is 0.335 e. The van der Waals surface area contributed by atoms with Gasteiger partial charge in [-0.1, -0.05) is 18.2 Å². The largest absolute Gasteiger partial charge is 0.490 e. The molecule has 0 bridgehead atoms. The van der Waals surface area contributed by atoms with E-state index in [1.807, 2.05) is 0 Å². The van der Waals surface area contributed by atoms with Gasteiger partial charge in [0.05, 0.1) is 16.8 Å². The van der Waals surface area contributed by atoms with E-state index in [0.29, 0.717) is 27.0 Å². The Kier molecular flexibility index (Phi) is 8.40. The lowest BCUT2D eigenvalue weighted by atomic mass is 10.1. The molecule has 5 amide bonds. The Morgan fingerprint density at radius 3 is 2.49 bits per heavy atom. The lowest BCUT2D eigenvalue weighted by Gasteiger charge is -2.27. The number of anilines is 2. The average molecular weight is 596 g/mol. The molecule has 0 atom stereocenters. The van der Waals surface area contributed by atoms with Gasteiger partial charge >= 0.3 is 6.03 Å². The molecule has 9 nitrogen and oxygen atoms in total. The van der Waals surface area contributed by atoms with Crippen LogP contribution in [0.5, 0.6) is 11.5 Å². The Morgan fingerprint density at radius 2 is 1.79 bits per heavy atom. The third-order valence-corrected chi connectivity index (χ3v) is 6.17. The number of rotatable bonds is 8. The highest BCUT2D eigenvalue weighted by Gasteiger charge is 2.37. The molecule has 0 spiro atoms. The lowest BCUT2D eigenvalue weighted by molar-refractivity contribution is -0.122. The minimum Gasteiger partial charge on any atom is -0.490 e. The minimum absolute atomic E-state index is 0.226. The maximum Gasteiger partial charge on any atom is 0.335 e. The summed E-state index contributed by atoms with van der Waals surface area (Å²) < 4.78 is 24.9. The zero-order chi connectivity index (χ0) is 28.1. The van der Waals surface area contributed by atoms with Crippen molar-refractivity contribution in [3.8, 4) is 11.5 Å². The van der Waals surface area contributed by atoms with Gasteiger partial charge in [-0.25, -0.2) is 14.1 Å². The Balaban J connectivity index is 1.58. The molecule has 1 fully saturated rings. The summed E-state index contributed by atoms with van der Waals surface area (Å²) in [5.41, 5.74) is 1.61. The normalized spacial score (nSPS) is 14.3. The molecule has 11 heteroatoms. The number of urea groups is 1. The van der Waals surface area contributed by atoms with E-state index < -0.39 is 29.6 Å². The molecule has 3 aromatic carbocycles. The number of carbonyl (C=O) groups is 4. The number of halogens is 2. The molecule has 0 aromatic heterocycles. The van der Waals surface area contributed by atoms with Crippen LogP contribution in [0.3, 0.4) is 0 Å². The molecule has 0 unspecified atom stereocenters. The summed E-state index contributed by atoms with van der Waals surface area (Å²) in [4.78, 5) is 51.6. The molecule has 200 valence electrons. The monoisotopic (exact) mass is 595 g/mol. The van der Waals surface area contributed by atoms with Gasteiger partial charge in [0.25, 0.3) is 17.7 Å². The number of ether oxygens (including phenoxy) is 2. The van der Waals surface area contributed by atoms with Crippen LogP contribution in [0.15, 0.2) is 70.7 Å². The number of aryl methyl sites for hydroxylation is 1. The van der Waals surface area contributed by atoms with Crippen molar-refractivity contribution >= 4 is 57.1 Å². The molecule has 1 saturated heterocycles. The summed E-state index contributed by atoms with van der Waals surface area (Å²) in [6, 6.07) is 14.4. The van der Waals surface area contributed by atoms with Gasteiger partial charge in [-0.3, -0.25) is 19.7 Å². The van der Waals surface area contributed by atoms with E-state index in [9.17, 15) is 23.6 Å². The highest BCUT2D eigenvalue weighted by molar-refractivity contribution is 9.10. The summed E-state index contributed by atoms with van der Waals surface area (Å²) in [7, 11) is 0. The first-order chi connectivity index (χ1) is 18.7. The third kappa shape index (κ3) is 6.32. The number of hydrogen-bond acceptors (Lipinski definition) is 6. The van der Waals surface area contributed by atoms with Gasteiger partial charge in [-0.05, 0) is 89.4 Å². The number of nitrogens with zero attached hydrogens (tertiary/aromatic N) is 1. The second kappa shape index (κ2) is 11.9. The summed E-state index contributed by atoms with van der Waals surface area (Å²) in [6.45, 7) is 3.40. The summed E-state index contributed by atoms with van der Waals surface area (Å²) in [5.74, 6) is -2.03. The maximum atomic E-state index is 13.3. The first kappa shape index (κ1) is 27.5. The van der Waals surface area contributed by atoms with E-state index in [0.717, 1.165) is 4.90 Å². The number of amides is 5. The Morgan fingerprint density at radius 1 is 1.08 bits per heavy atom. The van der Waals surface area contributed by atoms with Crippen LogP contribution in [0.2, 0.25) is 0 Å². The number of benzene rings is 3. The van der Waals surface area contributed by atoms with Crippen LogP contribution in [-0.2, 0) is 14.4 Å². The van der Waals surface area contributed by atoms with Crippen LogP contribution in [0.4, 0.5) is 20.6 Å². The van der Waals surface area contributed by atoms with E-state index in [-0.39, 0.29) is 30.3 Å². The number of carbonyl (C=O) groups excluding carboxylic acids is 4. The van der Waals surface area contributed by atoms with Gasteiger partial charge in [0.15, 0.2) is 18.1 Å². The average Bonchev–Trinajstić information content (AvgIpc) is 2.88. The topological polar surface area (TPSA) is 114 Å². The summed E-state index contributed by atoms with van der Waals surface area (Å²) >= 11 is 3.40. The Bertz CT molecular complexity index is 1490. The van der Waals surface area contributed by atoms with Crippen molar-refractivity contribution in [2.45, 2.75) is 13.8 Å². The van der Waals surface area contributed by atoms with Gasteiger partial charge in [-0.15, -0.1) is 0 Å². The van der Waals surface area contributed by atoms with Gasteiger partial charge < -0.3 is 14.8 Å². The SMILES string of the molecule is CCOc1cc(/C=C2\C(=O)NC(=O)N(c3ccccc3C)C2=O)cc(Br)c1OCC(=O)Nc1ccc(F)cc1. The highest BCUT2D eigenvalue weighted by Crippen LogP contribution is 2.38. The van der Waals surface area contributed by atoms with Crippen LogP contribution < -0.4 is 25.0 Å². The van der Waals surface area contributed by atoms with Crippen LogP contribution in [-0.4, -0.2) is 37.0 Å². The number of para-hydroxylation sites is 1. The molecular weight excluding hydrogens is 573 g/mol. The molecular formula is C28H23BrFN3O6. The number of barbiturate groups is 1. The van der Waals surface area contributed by atoms with E-state index in [2.05, 4.69) is 26.6 Å². The molecule has 0 radical (unpaired) electrons. The van der Waals surface area contributed by atoms with E-state index in [1.54, 1.807) is 50.2 Å². The summed E-state index contributed by atoms with van der Waals surface area (Å²) in [5, 5.41) is 4.80. The van der Waals surface area contributed by atoms with Gasteiger partial charge in [0.2, 0.25) is 0 Å². The van der Waals surface area contributed by atoms with Crippen molar-refractivity contribution < 1.29 is 33.0 Å². The van der Waals surface area contributed by atoms with Crippen LogP contribution in [0.25, 0.3) is 6.08 Å². The molecule has 0 aliphatic carbocycles. The Labute approximate surface area is 231 Å². The molecule has 1 heterocycles. The maximum absolute atomic E-state index is 13.3. The molecule has 1 aliphatic rings. The fourth-order valence-corrected chi connectivity index (χ4v) is 4.37. The zero-order valence-electron chi connectivity index (χ0n) is 20.9. The fraction of sp³-hybridized carbons (Fsp3) is 0.143. The molecule has 1 aliphatic heterocycles. The predicted molar refractivity (Wildman–Crippen MR) is 146 cm³/mol. The molecule has 3 aromatic rings. The second-order valence-corrected chi connectivity index (χ2v) is 9.21. The first-order valence-electron chi connectivity index (χ1n) is 11.8. The summed E-state index contributed by atoms with van der Waals surface area (Å²) in [6.07, 6.45) is 1.34. The minimum atomic E-state index is -0.838. The van der Waals surface area contributed by atoms with Gasteiger partial charge in [0, 0.05) is 5.69 Å². The van der Waals surface area contributed by atoms with Crippen molar-refractivity contribution in [2.24, 2.45) is 0 Å². The highest BCUT2D eigenvalue weighted by atomic mass is 79.9. The van der Waals surface area contributed by atoms with Crippen LogP contribution in [0, 0.1) is 12.7 Å². The standard InChI is InChI=1S/C28H23BrFN3O6/c1-3-38-23-14-17(13-21(29)25(23)39-15-24(34)31-19-10-8-18(30)9-11-19)12-20-26(35)32-28(37)33(27(20)36)22-7-5-4-6-16(22)2/h4-14H,3,15H2,1-2H3,(H,31,34)(H,32,35,37)/b20-12+. The molecule has 2 N–H and O–H groups in total. The predicted octanol–water partition coefficient (Wildman–Crippen LogP) is 4.98. The van der Waals surface area contributed by atoms with Crippen molar-refractivity contribution in [3.05, 3.63) is 87.7 Å². The lowest BCUT2D eigenvalue weighted by Crippen LogP contribution is -2.54. The van der Waals surface area contributed by atoms with Crippen molar-refractivity contribution in [1.82, 2.24) is 5.32 Å². The van der Waals surface area contributed by atoms with E-state index in [1.165, 1.54) is 30.3 Å². The Hall–Kier alpha value is -4.51. The van der Waals surface area contributed by atoms with Gasteiger partial charge in [0.1, 0.15) is 11.4 Å². The number of nitrogens with one attached hydrogen (secondary N) is 2. The third-order valence-electron chi connectivity index (χ3n) is 5.58.